The number of amides is 1. The van der Waals surface area contributed by atoms with Gasteiger partial charge in [-0.25, -0.2) is 4.79 Å². The van der Waals surface area contributed by atoms with Crippen molar-refractivity contribution in [2.45, 2.75) is 38.7 Å². The number of carbonyl (C=O) groups excluding carboxylic acids is 1. The van der Waals surface area contributed by atoms with Gasteiger partial charge in [0, 0.05) is 0 Å². The predicted octanol–water partition coefficient (Wildman–Crippen LogP) is 0.989. The van der Waals surface area contributed by atoms with E-state index in [0.717, 1.165) is 19.3 Å². The molecule has 0 aliphatic carbocycles. The molecule has 0 fully saturated rings. The first-order chi connectivity index (χ1) is 5.48. The van der Waals surface area contributed by atoms with Gasteiger partial charge in [0.1, 0.15) is 5.60 Å². The van der Waals surface area contributed by atoms with Crippen molar-refractivity contribution in [3.8, 4) is 0 Å². The molecule has 4 N–H and O–H groups in total. The number of carbonyl (C=O) groups is 1. The first kappa shape index (κ1) is 11.2. The van der Waals surface area contributed by atoms with Gasteiger partial charge >= 0.3 is 6.09 Å². The Morgan fingerprint density at radius 3 is 2.42 bits per heavy atom. The van der Waals surface area contributed by atoms with E-state index < -0.39 is 11.7 Å². The highest BCUT2D eigenvalue weighted by molar-refractivity contribution is 5.65. The zero-order valence-corrected chi connectivity index (χ0v) is 7.80. The molecule has 0 bridgehead atoms. The van der Waals surface area contributed by atoms with Crippen LogP contribution in [0.4, 0.5) is 4.79 Å². The number of hydrogen-bond acceptors (Lipinski definition) is 3. The number of unbranched alkanes of at least 4 members (excludes halogenated alkanes) is 1. The normalized spacial score (nSPS) is 11.2. The molecule has 1 amide bonds. The van der Waals surface area contributed by atoms with Crippen LogP contribution in [-0.2, 0) is 4.74 Å². The fourth-order valence-electron chi connectivity index (χ4n) is 1.02. The van der Waals surface area contributed by atoms with Crippen LogP contribution < -0.4 is 11.5 Å². The van der Waals surface area contributed by atoms with Gasteiger partial charge in [0.25, 0.3) is 0 Å². The first-order valence-electron chi connectivity index (χ1n) is 4.16. The zero-order chi connectivity index (χ0) is 9.61. The highest BCUT2D eigenvalue weighted by Crippen LogP contribution is 2.17. The average molecular weight is 174 g/mol. The van der Waals surface area contributed by atoms with E-state index in [1.807, 2.05) is 13.8 Å². The van der Waals surface area contributed by atoms with E-state index in [-0.39, 0.29) is 0 Å². The second-order valence-electron chi connectivity index (χ2n) is 3.43. The van der Waals surface area contributed by atoms with Crippen molar-refractivity contribution in [1.29, 1.82) is 0 Å². The summed E-state index contributed by atoms with van der Waals surface area (Å²) >= 11 is 0. The molecule has 0 aromatic heterocycles. The summed E-state index contributed by atoms with van der Waals surface area (Å²) in [5, 5.41) is 0. The largest absolute Gasteiger partial charge is 0.444 e. The maximum Gasteiger partial charge on any atom is 0.405 e. The van der Waals surface area contributed by atoms with E-state index in [2.05, 4.69) is 0 Å². The van der Waals surface area contributed by atoms with E-state index in [9.17, 15) is 4.79 Å². The standard InChI is InChI=1S/C8H18N2O2/c1-8(2,12-7(10)11)5-3-4-6-9/h3-6,9H2,1-2H3,(H2,10,11). The highest BCUT2D eigenvalue weighted by Gasteiger charge is 2.20. The van der Waals surface area contributed by atoms with E-state index in [4.69, 9.17) is 16.2 Å². The maximum absolute atomic E-state index is 10.4. The zero-order valence-electron chi connectivity index (χ0n) is 7.80. The molecule has 0 spiro atoms. The van der Waals surface area contributed by atoms with Crippen molar-refractivity contribution in [3.63, 3.8) is 0 Å². The summed E-state index contributed by atoms with van der Waals surface area (Å²) in [7, 11) is 0. The van der Waals surface area contributed by atoms with E-state index >= 15 is 0 Å². The van der Waals surface area contributed by atoms with Gasteiger partial charge in [-0.2, -0.15) is 0 Å². The minimum Gasteiger partial charge on any atom is -0.444 e. The molecule has 12 heavy (non-hydrogen) atoms. The van der Waals surface area contributed by atoms with Crippen LogP contribution in [0, 0.1) is 0 Å². The molecule has 0 aliphatic heterocycles. The molecule has 72 valence electrons. The van der Waals surface area contributed by atoms with E-state index in [1.165, 1.54) is 0 Å². The molecule has 0 aliphatic rings. The van der Waals surface area contributed by atoms with Gasteiger partial charge in [0.15, 0.2) is 0 Å². The Morgan fingerprint density at radius 1 is 1.42 bits per heavy atom. The van der Waals surface area contributed by atoms with Crippen LogP contribution >= 0.6 is 0 Å². The second-order valence-corrected chi connectivity index (χ2v) is 3.43. The fourth-order valence-corrected chi connectivity index (χ4v) is 1.02. The van der Waals surface area contributed by atoms with Crippen LogP contribution in [0.2, 0.25) is 0 Å². The Kier molecular flexibility index (Phi) is 4.66. The summed E-state index contributed by atoms with van der Waals surface area (Å²) in [4.78, 5) is 10.4. The lowest BCUT2D eigenvalue weighted by Crippen LogP contribution is -2.31. The van der Waals surface area contributed by atoms with Crippen molar-refractivity contribution >= 4 is 6.09 Å². The van der Waals surface area contributed by atoms with Gasteiger partial charge in [-0.05, 0) is 39.7 Å². The Hall–Kier alpha value is -0.770. The van der Waals surface area contributed by atoms with Gasteiger partial charge in [-0.15, -0.1) is 0 Å². The minimum atomic E-state index is -0.715. The van der Waals surface area contributed by atoms with Gasteiger partial charge in [0.2, 0.25) is 0 Å². The minimum absolute atomic E-state index is 0.457. The molecule has 0 heterocycles. The molecule has 0 saturated carbocycles. The second kappa shape index (κ2) is 4.98. The van der Waals surface area contributed by atoms with Crippen LogP contribution in [0.15, 0.2) is 0 Å². The van der Waals surface area contributed by atoms with Crippen molar-refractivity contribution in [1.82, 2.24) is 0 Å². The number of rotatable bonds is 5. The SMILES string of the molecule is CC(C)(CCCCN)OC(N)=O. The molecule has 0 aromatic rings. The third-order valence-electron chi connectivity index (χ3n) is 1.61. The number of ether oxygens (including phenoxy) is 1. The molecule has 0 rings (SSSR count). The van der Waals surface area contributed by atoms with Gasteiger partial charge in [-0.3, -0.25) is 0 Å². The third kappa shape index (κ3) is 5.97. The Morgan fingerprint density at radius 2 is 2.00 bits per heavy atom. The van der Waals surface area contributed by atoms with E-state index in [0.29, 0.717) is 6.54 Å². The van der Waals surface area contributed by atoms with Crippen LogP contribution in [0.3, 0.4) is 0 Å². The number of primary amides is 1. The van der Waals surface area contributed by atoms with Crippen LogP contribution in [0.5, 0.6) is 0 Å². The molecule has 0 aromatic carbocycles. The third-order valence-corrected chi connectivity index (χ3v) is 1.61. The lowest BCUT2D eigenvalue weighted by atomic mass is 10.0. The van der Waals surface area contributed by atoms with Crippen LogP contribution in [0.25, 0.3) is 0 Å². The Balaban J connectivity index is 3.63. The molecule has 0 radical (unpaired) electrons. The van der Waals surface area contributed by atoms with E-state index in [1.54, 1.807) is 0 Å². The Labute approximate surface area is 73.2 Å². The molecule has 4 heteroatoms. The summed E-state index contributed by atoms with van der Waals surface area (Å²) in [6.07, 6.45) is 1.99. The van der Waals surface area contributed by atoms with Crippen molar-refractivity contribution in [2.24, 2.45) is 11.5 Å². The van der Waals surface area contributed by atoms with Crippen molar-refractivity contribution in [2.75, 3.05) is 6.54 Å². The lowest BCUT2D eigenvalue weighted by molar-refractivity contribution is 0.0375. The quantitative estimate of drug-likeness (QED) is 0.610. The fraction of sp³-hybridized carbons (Fsp3) is 0.875. The van der Waals surface area contributed by atoms with Crippen LogP contribution in [0.1, 0.15) is 33.1 Å². The Bertz CT molecular complexity index is 146. The highest BCUT2D eigenvalue weighted by atomic mass is 16.6. The maximum atomic E-state index is 10.4. The molecule has 0 saturated heterocycles. The topological polar surface area (TPSA) is 78.3 Å². The van der Waals surface area contributed by atoms with Gasteiger partial charge in [-0.1, -0.05) is 0 Å². The monoisotopic (exact) mass is 174 g/mol. The van der Waals surface area contributed by atoms with Gasteiger partial charge < -0.3 is 16.2 Å². The molecule has 4 nitrogen and oxygen atoms in total. The molecule has 0 atom stereocenters. The summed E-state index contributed by atoms with van der Waals surface area (Å²) in [5.74, 6) is 0. The molecular weight excluding hydrogens is 156 g/mol. The predicted molar refractivity (Wildman–Crippen MR) is 47.7 cm³/mol. The lowest BCUT2D eigenvalue weighted by Gasteiger charge is -2.23. The smallest absolute Gasteiger partial charge is 0.405 e. The summed E-state index contributed by atoms with van der Waals surface area (Å²) in [6.45, 7) is 4.36. The number of nitrogens with two attached hydrogens (primary N) is 2. The van der Waals surface area contributed by atoms with Gasteiger partial charge in [0.05, 0.1) is 0 Å². The summed E-state index contributed by atoms with van der Waals surface area (Å²) < 4.78 is 4.88. The summed E-state index contributed by atoms with van der Waals surface area (Å²) in [5.41, 5.74) is 9.77. The molecular formula is C8H18N2O2. The summed E-state index contributed by atoms with van der Waals surface area (Å²) in [6, 6.07) is 0. The van der Waals surface area contributed by atoms with Crippen molar-refractivity contribution < 1.29 is 9.53 Å². The first-order valence-corrected chi connectivity index (χ1v) is 4.16. The average Bonchev–Trinajstić information content (AvgIpc) is 1.84. The van der Waals surface area contributed by atoms with Crippen molar-refractivity contribution in [3.05, 3.63) is 0 Å². The number of hydrogen-bond donors (Lipinski definition) is 2. The molecule has 0 unspecified atom stereocenters. The van der Waals surface area contributed by atoms with Crippen LogP contribution in [-0.4, -0.2) is 18.2 Å².